The van der Waals surface area contributed by atoms with E-state index in [9.17, 15) is 14.7 Å². The minimum Gasteiger partial charge on any atom is -0.396 e. The normalized spacial score (nSPS) is 19.3. The molecule has 1 aromatic carbocycles. The number of benzene rings is 1. The second-order valence-corrected chi connectivity index (χ2v) is 7.08. The number of piperidine rings is 1. The van der Waals surface area contributed by atoms with E-state index in [1.54, 1.807) is 4.90 Å². The first-order chi connectivity index (χ1) is 12.7. The highest BCUT2D eigenvalue weighted by Gasteiger charge is 2.22. The quantitative estimate of drug-likeness (QED) is 0.678. The Hall–Kier alpha value is -2.12. The fraction of sp³-hybridized carbons (Fsp3) is 0.579. The number of anilines is 1. The number of aliphatic hydroxyl groups is 1. The highest BCUT2D eigenvalue weighted by molar-refractivity contribution is 5.88. The molecule has 0 radical (unpaired) electrons. The topological polar surface area (TPSA) is 84.9 Å². The summed E-state index contributed by atoms with van der Waals surface area (Å²) in [5.74, 6) is 0.272. The van der Waals surface area contributed by atoms with Crippen LogP contribution in [0.25, 0.3) is 0 Å². The number of carbonyl (C=O) groups is 2. The first kappa shape index (κ1) is 18.7. The van der Waals surface area contributed by atoms with Crippen LogP contribution in [-0.4, -0.2) is 72.6 Å². The van der Waals surface area contributed by atoms with Crippen molar-refractivity contribution >= 4 is 17.5 Å². The summed E-state index contributed by atoms with van der Waals surface area (Å²) < 4.78 is 0. The monoisotopic (exact) mass is 360 g/mol. The number of hydrogen-bond donors (Lipinski definition) is 3. The Morgan fingerprint density at radius 2 is 2.00 bits per heavy atom. The lowest BCUT2D eigenvalue weighted by molar-refractivity contribution is -0.136. The fourth-order valence-corrected chi connectivity index (χ4v) is 3.53. The Labute approximate surface area is 154 Å². The van der Waals surface area contributed by atoms with Crippen LogP contribution in [0.5, 0.6) is 0 Å². The van der Waals surface area contributed by atoms with E-state index in [2.05, 4.69) is 21.6 Å². The highest BCUT2D eigenvalue weighted by Crippen LogP contribution is 2.22. The fourth-order valence-electron chi connectivity index (χ4n) is 3.53. The zero-order valence-electron chi connectivity index (χ0n) is 15.1. The number of carbonyl (C=O) groups excluding carboxylic acids is 2. The number of piperazine rings is 1. The molecule has 26 heavy (non-hydrogen) atoms. The molecule has 3 N–H and O–H groups in total. The summed E-state index contributed by atoms with van der Waals surface area (Å²) in [5, 5.41) is 15.2. The van der Waals surface area contributed by atoms with E-state index in [0.717, 1.165) is 38.2 Å². The molecule has 3 rings (SSSR count). The molecule has 2 aliphatic rings. The summed E-state index contributed by atoms with van der Waals surface area (Å²) in [4.78, 5) is 27.7. The predicted octanol–water partition coefficient (Wildman–Crippen LogP) is 0.261. The van der Waals surface area contributed by atoms with E-state index in [-0.39, 0.29) is 31.5 Å². The van der Waals surface area contributed by atoms with Gasteiger partial charge in [-0.15, -0.1) is 0 Å². The standard InChI is InChI=1S/C19H28N4O3/c24-14-15-5-8-22(9-6-15)12-16-3-1-2-4-17(16)21-11-19(26)23-10-7-20-18(25)13-23/h1-4,15,21,24H,5-14H2,(H,20,25). The number of amides is 2. The van der Waals surface area contributed by atoms with Crippen molar-refractivity contribution in [2.24, 2.45) is 5.92 Å². The van der Waals surface area contributed by atoms with Gasteiger partial charge in [0.25, 0.3) is 0 Å². The lowest BCUT2D eigenvalue weighted by atomic mass is 9.97. The zero-order valence-corrected chi connectivity index (χ0v) is 15.1. The van der Waals surface area contributed by atoms with Crippen molar-refractivity contribution in [3.05, 3.63) is 29.8 Å². The first-order valence-corrected chi connectivity index (χ1v) is 9.35. The largest absolute Gasteiger partial charge is 0.396 e. The van der Waals surface area contributed by atoms with Crippen molar-refractivity contribution in [2.75, 3.05) is 51.2 Å². The van der Waals surface area contributed by atoms with Gasteiger partial charge >= 0.3 is 0 Å². The molecule has 0 aromatic heterocycles. The molecule has 0 atom stereocenters. The number of aliphatic hydroxyl groups excluding tert-OH is 1. The average Bonchev–Trinajstić information content (AvgIpc) is 2.67. The van der Waals surface area contributed by atoms with Gasteiger partial charge in [-0.1, -0.05) is 18.2 Å². The first-order valence-electron chi connectivity index (χ1n) is 9.35. The molecule has 0 saturated carbocycles. The van der Waals surface area contributed by atoms with Gasteiger partial charge in [0.15, 0.2) is 0 Å². The molecule has 0 aliphatic carbocycles. The molecule has 7 nitrogen and oxygen atoms in total. The minimum atomic E-state index is -0.101. The third-order valence-electron chi connectivity index (χ3n) is 5.20. The van der Waals surface area contributed by atoms with Gasteiger partial charge in [0.05, 0.1) is 13.1 Å². The molecule has 2 fully saturated rings. The van der Waals surface area contributed by atoms with Gasteiger partial charge < -0.3 is 20.6 Å². The Balaban J connectivity index is 1.54. The zero-order chi connectivity index (χ0) is 18.4. The SMILES string of the molecule is O=C1CN(C(=O)CNc2ccccc2CN2CCC(CO)CC2)CCN1. The molecular weight excluding hydrogens is 332 g/mol. The summed E-state index contributed by atoms with van der Waals surface area (Å²) in [5.41, 5.74) is 2.13. The van der Waals surface area contributed by atoms with Crippen molar-refractivity contribution in [1.82, 2.24) is 15.1 Å². The summed E-state index contributed by atoms with van der Waals surface area (Å²) in [7, 11) is 0. The van der Waals surface area contributed by atoms with Crippen molar-refractivity contribution in [2.45, 2.75) is 19.4 Å². The van der Waals surface area contributed by atoms with Crippen molar-refractivity contribution in [3.8, 4) is 0 Å². The number of rotatable bonds is 6. The minimum absolute atomic E-state index is 0.0570. The third-order valence-corrected chi connectivity index (χ3v) is 5.20. The van der Waals surface area contributed by atoms with Crippen LogP contribution in [0.4, 0.5) is 5.69 Å². The molecule has 142 valence electrons. The Morgan fingerprint density at radius 3 is 2.73 bits per heavy atom. The van der Waals surface area contributed by atoms with E-state index in [4.69, 9.17) is 0 Å². The Kier molecular flexibility index (Phi) is 6.46. The summed E-state index contributed by atoms with van der Waals surface area (Å²) >= 11 is 0. The van der Waals surface area contributed by atoms with E-state index in [0.29, 0.717) is 19.0 Å². The average molecular weight is 360 g/mol. The molecule has 7 heteroatoms. The molecule has 0 bridgehead atoms. The maximum Gasteiger partial charge on any atom is 0.242 e. The summed E-state index contributed by atoms with van der Waals surface area (Å²) in [6, 6.07) is 8.05. The van der Waals surface area contributed by atoms with Crippen LogP contribution >= 0.6 is 0 Å². The molecule has 2 heterocycles. The third kappa shape index (κ3) is 4.95. The molecule has 2 saturated heterocycles. The lowest BCUT2D eigenvalue weighted by Gasteiger charge is -2.31. The van der Waals surface area contributed by atoms with Gasteiger partial charge in [0.1, 0.15) is 0 Å². The molecule has 2 amide bonds. The van der Waals surface area contributed by atoms with Gasteiger partial charge in [-0.2, -0.15) is 0 Å². The van der Waals surface area contributed by atoms with Crippen LogP contribution in [-0.2, 0) is 16.1 Å². The molecule has 0 spiro atoms. The van der Waals surface area contributed by atoms with Crippen LogP contribution < -0.4 is 10.6 Å². The van der Waals surface area contributed by atoms with Crippen LogP contribution in [0, 0.1) is 5.92 Å². The molecule has 0 unspecified atom stereocenters. The second-order valence-electron chi connectivity index (χ2n) is 7.08. The number of nitrogens with one attached hydrogen (secondary N) is 2. The smallest absolute Gasteiger partial charge is 0.242 e. The molecule has 1 aromatic rings. The van der Waals surface area contributed by atoms with Gasteiger partial charge in [-0.3, -0.25) is 14.5 Å². The van der Waals surface area contributed by atoms with Crippen molar-refractivity contribution < 1.29 is 14.7 Å². The van der Waals surface area contributed by atoms with E-state index in [1.165, 1.54) is 5.56 Å². The van der Waals surface area contributed by atoms with Gasteiger partial charge in [0.2, 0.25) is 11.8 Å². The van der Waals surface area contributed by atoms with Gasteiger partial charge in [-0.05, 0) is 43.5 Å². The summed E-state index contributed by atoms with van der Waals surface area (Å²) in [6.07, 6.45) is 2.06. The van der Waals surface area contributed by atoms with Crippen LogP contribution in [0.1, 0.15) is 18.4 Å². The number of likely N-dealkylation sites (tertiary alicyclic amines) is 1. The van der Waals surface area contributed by atoms with E-state index >= 15 is 0 Å². The number of nitrogens with zero attached hydrogens (tertiary/aromatic N) is 2. The second kappa shape index (κ2) is 9.00. The lowest BCUT2D eigenvalue weighted by Crippen LogP contribution is -2.51. The molecule has 2 aliphatic heterocycles. The number of hydrogen-bond acceptors (Lipinski definition) is 5. The summed E-state index contributed by atoms with van der Waals surface area (Å²) in [6.45, 7) is 4.50. The maximum absolute atomic E-state index is 12.3. The van der Waals surface area contributed by atoms with Crippen molar-refractivity contribution in [3.63, 3.8) is 0 Å². The molecular formula is C19H28N4O3. The van der Waals surface area contributed by atoms with Crippen molar-refractivity contribution in [1.29, 1.82) is 0 Å². The number of para-hydroxylation sites is 1. The predicted molar refractivity (Wildman–Crippen MR) is 99.6 cm³/mol. The highest BCUT2D eigenvalue weighted by atomic mass is 16.3. The van der Waals surface area contributed by atoms with E-state index < -0.39 is 0 Å². The van der Waals surface area contributed by atoms with Crippen LogP contribution in [0.2, 0.25) is 0 Å². The maximum atomic E-state index is 12.3. The Bertz CT molecular complexity index is 629. The van der Waals surface area contributed by atoms with Gasteiger partial charge in [-0.25, -0.2) is 0 Å². The van der Waals surface area contributed by atoms with Crippen LogP contribution in [0.15, 0.2) is 24.3 Å². The van der Waals surface area contributed by atoms with Crippen LogP contribution in [0.3, 0.4) is 0 Å². The van der Waals surface area contributed by atoms with E-state index in [1.807, 2.05) is 18.2 Å². The van der Waals surface area contributed by atoms with Gasteiger partial charge in [0, 0.05) is 31.9 Å². The Morgan fingerprint density at radius 1 is 1.23 bits per heavy atom.